The fourth-order valence-electron chi connectivity index (χ4n) is 9.58. The van der Waals surface area contributed by atoms with Crippen molar-refractivity contribution in [2.45, 2.75) is 78.7 Å². The summed E-state index contributed by atoms with van der Waals surface area (Å²) in [6.07, 6.45) is 4.97. The number of halogens is 4. The van der Waals surface area contributed by atoms with E-state index in [9.17, 15) is 37.4 Å². The lowest BCUT2D eigenvalue weighted by Crippen LogP contribution is -2.48. The average Bonchev–Trinajstić information content (AvgIpc) is 3.87. The molecule has 10 rings (SSSR count). The molecule has 352 valence electrons. The van der Waals surface area contributed by atoms with Crippen molar-refractivity contribution in [3.05, 3.63) is 153 Å². The van der Waals surface area contributed by atoms with Gasteiger partial charge in [-0.3, -0.25) is 19.6 Å². The van der Waals surface area contributed by atoms with E-state index in [1.165, 1.54) is 36.4 Å². The van der Waals surface area contributed by atoms with Crippen molar-refractivity contribution >= 4 is 23.2 Å². The molecule has 4 aromatic heterocycles. The van der Waals surface area contributed by atoms with Crippen molar-refractivity contribution < 1.29 is 37.4 Å². The highest BCUT2D eigenvalue weighted by atomic mass is 19.1. The van der Waals surface area contributed by atoms with E-state index in [-0.39, 0.29) is 70.5 Å². The zero-order valence-corrected chi connectivity index (χ0v) is 38.2. The van der Waals surface area contributed by atoms with Crippen molar-refractivity contribution in [1.82, 2.24) is 30.6 Å². The van der Waals surface area contributed by atoms with Crippen LogP contribution in [0.15, 0.2) is 85.2 Å². The Labute approximate surface area is 391 Å². The number of hydrogen-bond donors (Lipinski definition) is 4. The van der Waals surface area contributed by atoms with Crippen LogP contribution in [0, 0.1) is 34.1 Å². The summed E-state index contributed by atoms with van der Waals surface area (Å²) in [6, 6.07) is 18.3. The van der Waals surface area contributed by atoms with Gasteiger partial charge in [0.1, 0.15) is 23.3 Å². The second-order valence-electron chi connectivity index (χ2n) is 19.3. The van der Waals surface area contributed by atoms with Gasteiger partial charge in [-0.15, -0.1) is 0 Å². The Morgan fingerprint density at radius 3 is 1.31 bits per heavy atom. The Bertz CT molecular complexity index is 2680. The molecule has 4 aliphatic rings. The molecule has 2 aromatic carbocycles. The molecule has 0 saturated carbocycles. The summed E-state index contributed by atoms with van der Waals surface area (Å²) in [6.45, 7) is 11.6. The maximum absolute atomic E-state index is 14.4. The highest BCUT2D eigenvalue weighted by Crippen LogP contribution is 2.36. The van der Waals surface area contributed by atoms with Crippen LogP contribution < -0.4 is 20.4 Å². The van der Waals surface area contributed by atoms with Crippen LogP contribution in [0.1, 0.15) is 95.2 Å². The molecule has 0 radical (unpaired) electrons. The van der Waals surface area contributed by atoms with Crippen molar-refractivity contribution in [1.29, 1.82) is 0 Å². The van der Waals surface area contributed by atoms with Gasteiger partial charge in [0.15, 0.2) is 0 Å². The van der Waals surface area contributed by atoms with Gasteiger partial charge in [0, 0.05) is 61.2 Å². The van der Waals surface area contributed by atoms with E-state index in [0.717, 1.165) is 48.9 Å². The molecule has 0 bridgehead atoms. The Balaban J connectivity index is 0.000000170. The highest BCUT2D eigenvalue weighted by Gasteiger charge is 2.36. The molecule has 12 nitrogen and oxygen atoms in total. The molecule has 0 aliphatic carbocycles. The lowest BCUT2D eigenvalue weighted by Gasteiger charge is -2.42. The maximum Gasteiger partial charge on any atom is 0.253 e. The number of fused-ring (bicyclic) bond motifs is 2. The third-order valence-corrected chi connectivity index (χ3v) is 13.5. The van der Waals surface area contributed by atoms with Gasteiger partial charge in [0.2, 0.25) is 0 Å². The quantitative estimate of drug-likeness (QED) is 0.112. The number of aromatic nitrogens is 4. The van der Waals surface area contributed by atoms with Crippen molar-refractivity contribution in [3.8, 4) is 22.5 Å². The van der Waals surface area contributed by atoms with Crippen LogP contribution in [0.4, 0.5) is 28.9 Å². The third kappa shape index (κ3) is 9.26. The topological polar surface area (TPSA) is 157 Å². The first kappa shape index (κ1) is 46.3. The molecule has 16 heteroatoms. The number of hydrogen-bond acceptors (Lipinski definition) is 10. The largest absolute Gasteiger partial charge is 0.392 e. The second kappa shape index (κ2) is 18.4. The number of nitrogens with zero attached hydrogens (tertiary/aromatic N) is 6. The number of carbonyl (C=O) groups is 2. The molecule has 2 fully saturated rings. The summed E-state index contributed by atoms with van der Waals surface area (Å²) in [4.78, 5) is 47.3. The number of rotatable bonds is 8. The van der Waals surface area contributed by atoms with E-state index < -0.39 is 23.3 Å². The summed E-state index contributed by atoms with van der Waals surface area (Å²) in [5.41, 5.74) is 5.98. The molecule has 2 atom stereocenters. The second-order valence-corrected chi connectivity index (χ2v) is 19.3. The fraction of sp³-hybridized carbons (Fsp3) is 0.346. The Morgan fingerprint density at radius 1 is 0.588 bits per heavy atom. The Kier molecular flexibility index (Phi) is 12.5. The van der Waals surface area contributed by atoms with E-state index in [0.29, 0.717) is 59.3 Å². The SMILES string of the molecule is CC1(C)CN(c2ccc(Cc3cc(-c4c(F)cccc4F)nc4c3C(=O)NC4)nc2)CCC1O.CC1(C)CN(c2ccc(Cc3cc(-c4c(F)cccc4F)nc4c3C(=O)NC4)nc2)CC[C@@H]1O. The monoisotopic (exact) mass is 928 g/mol. The van der Waals surface area contributed by atoms with E-state index in [1.54, 1.807) is 24.5 Å². The van der Waals surface area contributed by atoms with E-state index in [2.05, 4.69) is 68.1 Å². The van der Waals surface area contributed by atoms with Gasteiger partial charge in [0.25, 0.3) is 11.8 Å². The van der Waals surface area contributed by atoms with Crippen LogP contribution in [0.5, 0.6) is 0 Å². The molecule has 1 unspecified atom stereocenters. The summed E-state index contributed by atoms with van der Waals surface area (Å²) < 4.78 is 57.7. The average molecular weight is 929 g/mol. The molecule has 6 aromatic rings. The maximum atomic E-state index is 14.4. The van der Waals surface area contributed by atoms with E-state index >= 15 is 0 Å². The predicted molar refractivity (Wildman–Crippen MR) is 249 cm³/mol. The molecule has 2 saturated heterocycles. The molecule has 2 amide bonds. The summed E-state index contributed by atoms with van der Waals surface area (Å²) in [5, 5.41) is 25.9. The summed E-state index contributed by atoms with van der Waals surface area (Å²) in [7, 11) is 0. The summed E-state index contributed by atoms with van der Waals surface area (Å²) in [5.74, 6) is -3.30. The summed E-state index contributed by atoms with van der Waals surface area (Å²) >= 11 is 0. The van der Waals surface area contributed by atoms with Gasteiger partial charge in [-0.2, -0.15) is 0 Å². The van der Waals surface area contributed by atoms with Gasteiger partial charge >= 0.3 is 0 Å². The van der Waals surface area contributed by atoms with Gasteiger partial charge in [-0.1, -0.05) is 39.8 Å². The number of nitrogens with one attached hydrogen (secondary N) is 2. The predicted octanol–water partition coefficient (Wildman–Crippen LogP) is 7.71. The molecule has 68 heavy (non-hydrogen) atoms. The number of aliphatic hydroxyl groups excluding tert-OH is 2. The molecular weight excluding hydrogens is 877 g/mol. The van der Waals surface area contributed by atoms with Crippen molar-refractivity contribution in [2.75, 3.05) is 36.0 Å². The van der Waals surface area contributed by atoms with E-state index in [1.807, 2.05) is 24.3 Å². The number of aliphatic hydroxyl groups is 2. The van der Waals surface area contributed by atoms with Crippen LogP contribution in [0.3, 0.4) is 0 Å². The number of benzene rings is 2. The number of pyridine rings is 4. The standard InChI is InChI=1S/2C26H26F2N4O2/c2*1-26(2)14-32(9-8-22(26)33)17-7-6-16(29-12-17)10-15-11-20(24-18(27)4-3-5-19(24)28)31-21-13-30-25(34)23(15)21/h2*3-7,11-12,22,33H,8-10,13-14H2,1-2H3,(H,30,34)/t22-;/m0./s1. The smallest absolute Gasteiger partial charge is 0.253 e. The lowest BCUT2D eigenvalue weighted by molar-refractivity contribution is 0.0335. The van der Waals surface area contributed by atoms with Crippen LogP contribution in [-0.4, -0.2) is 80.4 Å². The molecule has 8 heterocycles. The zero-order valence-electron chi connectivity index (χ0n) is 38.2. The number of piperidine rings is 2. The molecular formula is C52H52F4N8O4. The molecule has 0 spiro atoms. The zero-order chi connectivity index (χ0) is 48.1. The van der Waals surface area contributed by atoms with Gasteiger partial charge in [-0.05, 0) is 84.6 Å². The number of amides is 2. The molecule has 4 aliphatic heterocycles. The minimum atomic E-state index is -0.701. The minimum Gasteiger partial charge on any atom is -0.392 e. The van der Waals surface area contributed by atoms with Crippen LogP contribution >= 0.6 is 0 Å². The Morgan fingerprint density at radius 2 is 0.971 bits per heavy atom. The van der Waals surface area contributed by atoms with Crippen LogP contribution in [0.2, 0.25) is 0 Å². The Hall–Kier alpha value is -6.78. The minimum absolute atomic E-state index is 0.159. The molecule has 4 N–H and O–H groups in total. The van der Waals surface area contributed by atoms with Gasteiger partial charge in [-0.25, -0.2) is 27.5 Å². The van der Waals surface area contributed by atoms with Crippen LogP contribution in [-0.2, 0) is 25.9 Å². The van der Waals surface area contributed by atoms with Gasteiger partial charge in [0.05, 0.1) is 94.1 Å². The fourth-order valence-corrected chi connectivity index (χ4v) is 9.58. The first-order chi connectivity index (χ1) is 32.5. The lowest BCUT2D eigenvalue weighted by atomic mass is 9.81. The van der Waals surface area contributed by atoms with Crippen LogP contribution in [0.25, 0.3) is 22.5 Å². The van der Waals surface area contributed by atoms with E-state index in [4.69, 9.17) is 0 Å². The van der Waals surface area contributed by atoms with Crippen molar-refractivity contribution in [2.24, 2.45) is 10.8 Å². The first-order valence-corrected chi connectivity index (χ1v) is 22.7. The number of anilines is 2. The highest BCUT2D eigenvalue weighted by molar-refractivity contribution is 6.00. The van der Waals surface area contributed by atoms with Crippen molar-refractivity contribution in [3.63, 3.8) is 0 Å². The number of carbonyl (C=O) groups excluding carboxylic acids is 2. The van der Waals surface area contributed by atoms with Gasteiger partial charge < -0.3 is 30.6 Å². The third-order valence-electron chi connectivity index (χ3n) is 13.5. The normalized spacial score (nSPS) is 19.1. The first-order valence-electron chi connectivity index (χ1n) is 22.7.